The summed E-state index contributed by atoms with van der Waals surface area (Å²) in [5.41, 5.74) is 2.79. The van der Waals surface area contributed by atoms with E-state index >= 15 is 0 Å². The number of fused-ring (bicyclic) bond motifs is 1. The number of aromatic nitrogens is 2. The molecule has 24 heavy (non-hydrogen) atoms. The second-order valence-corrected chi connectivity index (χ2v) is 6.02. The van der Waals surface area contributed by atoms with Crippen LogP contribution in [0.5, 0.6) is 0 Å². The third kappa shape index (κ3) is 2.78. The van der Waals surface area contributed by atoms with Gasteiger partial charge in [-0.1, -0.05) is 18.2 Å². The molecule has 1 saturated heterocycles. The van der Waals surface area contributed by atoms with E-state index in [9.17, 15) is 4.79 Å². The van der Waals surface area contributed by atoms with E-state index in [2.05, 4.69) is 21.4 Å². The van der Waals surface area contributed by atoms with Crippen molar-refractivity contribution in [1.29, 1.82) is 0 Å². The lowest BCUT2D eigenvalue weighted by Crippen LogP contribution is -2.34. The van der Waals surface area contributed by atoms with Crippen LogP contribution in [0.2, 0.25) is 0 Å². The van der Waals surface area contributed by atoms with E-state index < -0.39 is 0 Å². The van der Waals surface area contributed by atoms with Crippen LogP contribution in [-0.4, -0.2) is 35.1 Å². The summed E-state index contributed by atoms with van der Waals surface area (Å²) in [6, 6.07) is 13.3. The third-order valence-corrected chi connectivity index (χ3v) is 4.57. The quantitative estimate of drug-likeness (QED) is 0.776. The number of carbonyl (C=O) groups is 1. The highest BCUT2D eigenvalue weighted by atomic mass is 16.5. The van der Waals surface area contributed by atoms with Crippen molar-refractivity contribution in [2.75, 3.05) is 13.2 Å². The summed E-state index contributed by atoms with van der Waals surface area (Å²) in [5.74, 6) is 0.123. The first kappa shape index (κ1) is 14.9. The standard InChI is InChI=1S/C19H19N3O2/c23-19(13-4-2-1-3-5-13)22-12-17-15(8-11-24-17)18-14-6-9-20-16(14)7-10-21-18/h1-7,9-10,15,17,20H,8,11-12H2,(H,22,23). The van der Waals surface area contributed by atoms with E-state index in [0.29, 0.717) is 18.7 Å². The smallest absolute Gasteiger partial charge is 0.251 e. The Morgan fingerprint density at radius 1 is 1.25 bits per heavy atom. The predicted molar refractivity (Wildman–Crippen MR) is 92.0 cm³/mol. The van der Waals surface area contributed by atoms with E-state index in [1.54, 1.807) is 0 Å². The first-order valence-corrected chi connectivity index (χ1v) is 8.20. The highest BCUT2D eigenvalue weighted by Crippen LogP contribution is 2.33. The molecule has 0 radical (unpaired) electrons. The van der Waals surface area contributed by atoms with Crippen molar-refractivity contribution < 1.29 is 9.53 Å². The number of nitrogens with one attached hydrogen (secondary N) is 2. The van der Waals surface area contributed by atoms with Crippen LogP contribution in [-0.2, 0) is 4.74 Å². The maximum Gasteiger partial charge on any atom is 0.251 e. The molecule has 122 valence electrons. The summed E-state index contributed by atoms with van der Waals surface area (Å²) in [6.45, 7) is 1.18. The number of H-pyrrole nitrogens is 1. The highest BCUT2D eigenvalue weighted by molar-refractivity contribution is 5.94. The number of hydrogen-bond donors (Lipinski definition) is 2. The Labute approximate surface area is 140 Å². The molecule has 2 N–H and O–H groups in total. The van der Waals surface area contributed by atoms with Crippen LogP contribution < -0.4 is 5.32 Å². The van der Waals surface area contributed by atoms with Gasteiger partial charge in [-0.25, -0.2) is 0 Å². The number of benzene rings is 1. The van der Waals surface area contributed by atoms with Crippen molar-refractivity contribution in [2.45, 2.75) is 18.4 Å². The van der Waals surface area contributed by atoms with Crippen LogP contribution >= 0.6 is 0 Å². The third-order valence-electron chi connectivity index (χ3n) is 4.57. The normalized spacial score (nSPS) is 20.3. The second-order valence-electron chi connectivity index (χ2n) is 6.02. The van der Waals surface area contributed by atoms with Gasteiger partial charge in [-0.05, 0) is 30.7 Å². The fourth-order valence-electron chi connectivity index (χ4n) is 3.35. The number of hydrogen-bond acceptors (Lipinski definition) is 3. The highest BCUT2D eigenvalue weighted by Gasteiger charge is 2.32. The van der Waals surface area contributed by atoms with Crippen molar-refractivity contribution in [1.82, 2.24) is 15.3 Å². The minimum atomic E-state index is -0.0716. The van der Waals surface area contributed by atoms with Gasteiger partial charge in [0.05, 0.1) is 11.8 Å². The Kier molecular flexibility index (Phi) is 4.01. The number of amides is 1. The zero-order chi connectivity index (χ0) is 16.4. The average Bonchev–Trinajstić information content (AvgIpc) is 3.29. The van der Waals surface area contributed by atoms with Crippen LogP contribution in [0, 0.1) is 0 Å². The molecule has 2 aromatic heterocycles. The molecule has 1 aliphatic heterocycles. The molecule has 5 heteroatoms. The van der Waals surface area contributed by atoms with Crippen LogP contribution in [0.25, 0.3) is 10.9 Å². The number of nitrogens with zero attached hydrogens (tertiary/aromatic N) is 1. The number of ether oxygens (including phenoxy) is 1. The van der Waals surface area contributed by atoms with Crippen molar-refractivity contribution in [2.24, 2.45) is 0 Å². The molecule has 2 atom stereocenters. The maximum absolute atomic E-state index is 12.2. The van der Waals surface area contributed by atoms with Gasteiger partial charge >= 0.3 is 0 Å². The maximum atomic E-state index is 12.2. The van der Waals surface area contributed by atoms with Crippen molar-refractivity contribution >= 4 is 16.8 Å². The molecule has 0 bridgehead atoms. The molecule has 0 saturated carbocycles. The number of carbonyl (C=O) groups excluding carboxylic acids is 1. The molecule has 1 aromatic carbocycles. The van der Waals surface area contributed by atoms with E-state index in [0.717, 1.165) is 23.0 Å². The zero-order valence-electron chi connectivity index (χ0n) is 13.2. The monoisotopic (exact) mass is 321 g/mol. The number of pyridine rings is 1. The van der Waals surface area contributed by atoms with E-state index in [4.69, 9.17) is 4.74 Å². The second kappa shape index (κ2) is 6.45. The van der Waals surface area contributed by atoms with Crippen LogP contribution in [0.1, 0.15) is 28.4 Å². The summed E-state index contributed by atoms with van der Waals surface area (Å²) >= 11 is 0. The molecule has 4 rings (SSSR count). The van der Waals surface area contributed by atoms with Gasteiger partial charge in [0.2, 0.25) is 0 Å². The fraction of sp³-hybridized carbons (Fsp3) is 0.263. The molecule has 0 aliphatic carbocycles. The minimum absolute atomic E-state index is 0.0503. The van der Waals surface area contributed by atoms with Gasteiger partial charge in [-0.15, -0.1) is 0 Å². The van der Waals surface area contributed by atoms with E-state index in [-0.39, 0.29) is 17.9 Å². The summed E-state index contributed by atoms with van der Waals surface area (Å²) < 4.78 is 5.87. The van der Waals surface area contributed by atoms with Crippen molar-refractivity contribution in [3.05, 3.63) is 66.1 Å². The van der Waals surface area contributed by atoms with Gasteiger partial charge in [0.15, 0.2) is 0 Å². The summed E-state index contributed by atoms with van der Waals surface area (Å²) in [6.07, 6.45) is 4.62. The summed E-state index contributed by atoms with van der Waals surface area (Å²) in [7, 11) is 0. The van der Waals surface area contributed by atoms with Gasteiger partial charge in [-0.3, -0.25) is 9.78 Å². The lowest BCUT2D eigenvalue weighted by molar-refractivity contribution is 0.0832. The molecule has 1 amide bonds. The zero-order valence-corrected chi connectivity index (χ0v) is 13.2. The van der Waals surface area contributed by atoms with Crippen LogP contribution in [0.3, 0.4) is 0 Å². The predicted octanol–water partition coefficient (Wildman–Crippen LogP) is 2.87. The first-order chi connectivity index (χ1) is 11.8. The van der Waals surface area contributed by atoms with Crippen molar-refractivity contribution in [3.63, 3.8) is 0 Å². The molecule has 1 fully saturated rings. The number of rotatable bonds is 4. The Balaban J connectivity index is 1.49. The van der Waals surface area contributed by atoms with Crippen LogP contribution in [0.15, 0.2) is 54.9 Å². The molecular weight excluding hydrogens is 302 g/mol. The SMILES string of the molecule is O=C(NCC1OCCC1c1nccc2[nH]ccc12)c1ccccc1. The summed E-state index contributed by atoms with van der Waals surface area (Å²) in [5, 5.41) is 4.11. The Morgan fingerprint density at radius 3 is 3.00 bits per heavy atom. The first-order valence-electron chi connectivity index (χ1n) is 8.20. The molecule has 1 aliphatic rings. The topological polar surface area (TPSA) is 67.0 Å². The molecular formula is C19H19N3O2. The van der Waals surface area contributed by atoms with Crippen molar-refractivity contribution in [3.8, 4) is 0 Å². The number of aromatic amines is 1. The Hall–Kier alpha value is -2.66. The van der Waals surface area contributed by atoms with Gasteiger partial charge in [0.1, 0.15) is 0 Å². The average molecular weight is 321 g/mol. The lowest BCUT2D eigenvalue weighted by atomic mass is 9.94. The Morgan fingerprint density at radius 2 is 2.12 bits per heavy atom. The lowest BCUT2D eigenvalue weighted by Gasteiger charge is -2.19. The molecule has 3 heterocycles. The van der Waals surface area contributed by atoms with E-state index in [1.165, 1.54) is 0 Å². The van der Waals surface area contributed by atoms with Gasteiger partial charge in [0, 0.05) is 47.9 Å². The van der Waals surface area contributed by atoms with Gasteiger partial charge < -0.3 is 15.0 Å². The van der Waals surface area contributed by atoms with Gasteiger partial charge in [0.25, 0.3) is 5.91 Å². The molecule has 5 nitrogen and oxygen atoms in total. The molecule has 2 unspecified atom stereocenters. The van der Waals surface area contributed by atoms with E-state index in [1.807, 2.05) is 48.8 Å². The fourth-order valence-corrected chi connectivity index (χ4v) is 3.35. The minimum Gasteiger partial charge on any atom is -0.376 e. The van der Waals surface area contributed by atoms with Gasteiger partial charge in [-0.2, -0.15) is 0 Å². The van der Waals surface area contributed by atoms with Crippen LogP contribution in [0.4, 0.5) is 0 Å². The largest absolute Gasteiger partial charge is 0.376 e. The summed E-state index contributed by atoms with van der Waals surface area (Å²) in [4.78, 5) is 20.0. The molecule has 3 aromatic rings. The Bertz CT molecular complexity index is 844. The molecule has 0 spiro atoms.